The fourth-order valence-electron chi connectivity index (χ4n) is 1.89. The summed E-state index contributed by atoms with van der Waals surface area (Å²) in [5, 5.41) is 3.16. The molecule has 0 aliphatic rings. The highest BCUT2D eigenvalue weighted by atomic mass is 16.4. The molecular formula is C14H14N4O. The predicted octanol–water partition coefficient (Wildman–Crippen LogP) is 2.73. The van der Waals surface area contributed by atoms with Gasteiger partial charge in [0, 0.05) is 30.7 Å². The number of aryl methyl sites for hydroxylation is 1. The fraction of sp³-hybridized carbons (Fsp3) is 0.143. The molecule has 0 saturated heterocycles. The third-order valence-electron chi connectivity index (χ3n) is 2.98. The van der Waals surface area contributed by atoms with E-state index in [1.165, 1.54) is 0 Å². The Labute approximate surface area is 110 Å². The van der Waals surface area contributed by atoms with Crippen LogP contribution in [0.15, 0.2) is 41.1 Å². The van der Waals surface area contributed by atoms with Crippen LogP contribution in [0.4, 0.5) is 11.7 Å². The van der Waals surface area contributed by atoms with Crippen molar-refractivity contribution >= 4 is 22.8 Å². The molecule has 0 aliphatic heterocycles. The number of nitrogens with zero attached hydrogens (tertiary/aromatic N) is 2. The van der Waals surface area contributed by atoms with E-state index in [2.05, 4.69) is 15.3 Å². The normalized spacial score (nSPS) is 10.8. The number of benzene rings is 1. The highest BCUT2D eigenvalue weighted by Gasteiger charge is 2.06. The van der Waals surface area contributed by atoms with Crippen molar-refractivity contribution in [3.8, 4) is 0 Å². The first-order valence-corrected chi connectivity index (χ1v) is 6.02. The Morgan fingerprint density at radius 3 is 3.05 bits per heavy atom. The van der Waals surface area contributed by atoms with Crippen LogP contribution < -0.4 is 11.1 Å². The topological polar surface area (TPSA) is 77.0 Å². The third kappa shape index (κ3) is 2.35. The smallest absolute Gasteiger partial charge is 0.295 e. The minimum Gasteiger partial charge on any atom is -0.423 e. The third-order valence-corrected chi connectivity index (χ3v) is 2.98. The van der Waals surface area contributed by atoms with Crippen molar-refractivity contribution in [3.63, 3.8) is 0 Å². The first-order chi connectivity index (χ1) is 9.22. The molecule has 0 radical (unpaired) electrons. The predicted molar refractivity (Wildman–Crippen MR) is 74.7 cm³/mol. The molecule has 1 aromatic carbocycles. The summed E-state index contributed by atoms with van der Waals surface area (Å²) in [7, 11) is 0. The average molecular weight is 254 g/mol. The van der Waals surface area contributed by atoms with Crippen LogP contribution in [0.2, 0.25) is 0 Å². The first-order valence-electron chi connectivity index (χ1n) is 6.02. The summed E-state index contributed by atoms with van der Waals surface area (Å²) in [4.78, 5) is 8.41. The van der Waals surface area contributed by atoms with E-state index in [9.17, 15) is 0 Å². The highest BCUT2D eigenvalue weighted by molar-refractivity contribution is 5.78. The lowest BCUT2D eigenvalue weighted by atomic mass is 10.2. The molecule has 0 spiro atoms. The summed E-state index contributed by atoms with van der Waals surface area (Å²) in [6.45, 7) is 2.67. The molecule has 0 amide bonds. The van der Waals surface area contributed by atoms with Gasteiger partial charge in [0.25, 0.3) is 6.01 Å². The van der Waals surface area contributed by atoms with Gasteiger partial charge in [-0.3, -0.25) is 4.98 Å². The summed E-state index contributed by atoms with van der Waals surface area (Å²) >= 11 is 0. The van der Waals surface area contributed by atoms with E-state index in [1.54, 1.807) is 12.3 Å². The number of rotatable bonds is 3. The zero-order chi connectivity index (χ0) is 13.2. The second-order valence-electron chi connectivity index (χ2n) is 4.40. The number of hydrogen-bond acceptors (Lipinski definition) is 5. The number of aromatic nitrogens is 2. The molecule has 2 aromatic heterocycles. The van der Waals surface area contributed by atoms with Crippen LogP contribution in [-0.4, -0.2) is 9.97 Å². The van der Waals surface area contributed by atoms with Gasteiger partial charge in [0.2, 0.25) is 0 Å². The molecule has 3 aromatic rings. The second kappa shape index (κ2) is 4.61. The van der Waals surface area contributed by atoms with Gasteiger partial charge in [-0.05, 0) is 36.2 Å². The monoisotopic (exact) mass is 254 g/mol. The summed E-state index contributed by atoms with van der Waals surface area (Å²) in [5.41, 5.74) is 10.2. The van der Waals surface area contributed by atoms with E-state index in [4.69, 9.17) is 10.2 Å². The zero-order valence-electron chi connectivity index (χ0n) is 10.6. The maximum atomic E-state index is 5.70. The van der Waals surface area contributed by atoms with Gasteiger partial charge in [0.05, 0.1) is 0 Å². The van der Waals surface area contributed by atoms with Gasteiger partial charge in [-0.15, -0.1) is 0 Å². The van der Waals surface area contributed by atoms with E-state index < -0.39 is 0 Å². The Kier molecular flexibility index (Phi) is 2.79. The van der Waals surface area contributed by atoms with Gasteiger partial charge in [0.15, 0.2) is 5.58 Å². The molecule has 0 fully saturated rings. The fourth-order valence-corrected chi connectivity index (χ4v) is 1.89. The lowest BCUT2D eigenvalue weighted by molar-refractivity contribution is 0.614. The molecular weight excluding hydrogens is 240 g/mol. The highest BCUT2D eigenvalue weighted by Crippen LogP contribution is 2.21. The quantitative estimate of drug-likeness (QED) is 0.703. The van der Waals surface area contributed by atoms with E-state index in [1.807, 2.05) is 31.3 Å². The summed E-state index contributed by atoms with van der Waals surface area (Å²) in [6.07, 6.45) is 3.61. The molecule has 0 aliphatic carbocycles. The van der Waals surface area contributed by atoms with Gasteiger partial charge in [-0.2, -0.15) is 4.98 Å². The van der Waals surface area contributed by atoms with E-state index >= 15 is 0 Å². The molecule has 0 unspecified atom stereocenters. The molecule has 5 nitrogen and oxygen atoms in total. The van der Waals surface area contributed by atoms with Crippen molar-refractivity contribution in [1.82, 2.24) is 9.97 Å². The number of nitrogen functional groups attached to an aromatic ring is 1. The van der Waals surface area contributed by atoms with Crippen LogP contribution in [0.3, 0.4) is 0 Å². The number of nitrogens with two attached hydrogens (primary N) is 1. The summed E-state index contributed by atoms with van der Waals surface area (Å²) in [6, 6.07) is 7.89. The molecule has 3 N–H and O–H groups in total. The Morgan fingerprint density at radius 2 is 2.21 bits per heavy atom. The lowest BCUT2D eigenvalue weighted by Gasteiger charge is -2.04. The minimum atomic E-state index is 0.497. The number of hydrogen-bond donors (Lipinski definition) is 2. The van der Waals surface area contributed by atoms with Crippen LogP contribution in [0.25, 0.3) is 11.1 Å². The van der Waals surface area contributed by atoms with E-state index in [-0.39, 0.29) is 0 Å². The van der Waals surface area contributed by atoms with Gasteiger partial charge in [-0.1, -0.05) is 0 Å². The summed E-state index contributed by atoms with van der Waals surface area (Å²) in [5.74, 6) is 0. The second-order valence-corrected chi connectivity index (χ2v) is 4.40. The number of oxazole rings is 1. The maximum Gasteiger partial charge on any atom is 0.295 e. The maximum absolute atomic E-state index is 5.70. The van der Waals surface area contributed by atoms with Crippen molar-refractivity contribution in [2.24, 2.45) is 0 Å². The van der Waals surface area contributed by atoms with Gasteiger partial charge >= 0.3 is 0 Å². The van der Waals surface area contributed by atoms with Crippen molar-refractivity contribution < 1.29 is 4.42 Å². The molecule has 3 rings (SSSR count). The Morgan fingerprint density at radius 1 is 1.32 bits per heavy atom. The van der Waals surface area contributed by atoms with Gasteiger partial charge in [0.1, 0.15) is 5.52 Å². The van der Waals surface area contributed by atoms with Crippen molar-refractivity contribution in [2.75, 3.05) is 11.1 Å². The van der Waals surface area contributed by atoms with E-state index in [0.29, 0.717) is 23.8 Å². The van der Waals surface area contributed by atoms with Crippen molar-refractivity contribution in [3.05, 3.63) is 47.8 Å². The lowest BCUT2D eigenvalue weighted by Crippen LogP contribution is -2.01. The Bertz CT molecular complexity index is 720. The van der Waals surface area contributed by atoms with Crippen LogP contribution in [-0.2, 0) is 6.54 Å². The molecule has 0 saturated carbocycles. The van der Waals surface area contributed by atoms with Crippen molar-refractivity contribution in [2.45, 2.75) is 13.5 Å². The van der Waals surface area contributed by atoms with Crippen LogP contribution in [0.5, 0.6) is 0 Å². The molecule has 0 atom stereocenters. The van der Waals surface area contributed by atoms with Crippen molar-refractivity contribution in [1.29, 1.82) is 0 Å². The minimum absolute atomic E-state index is 0.497. The Balaban J connectivity index is 1.80. The number of anilines is 2. The van der Waals surface area contributed by atoms with E-state index in [0.717, 1.165) is 16.6 Å². The van der Waals surface area contributed by atoms with Crippen LogP contribution in [0, 0.1) is 6.92 Å². The average Bonchev–Trinajstić information content (AvgIpc) is 2.79. The van der Waals surface area contributed by atoms with Crippen LogP contribution in [0.1, 0.15) is 11.1 Å². The zero-order valence-corrected chi connectivity index (χ0v) is 10.6. The molecule has 19 heavy (non-hydrogen) atoms. The molecule has 96 valence electrons. The standard InChI is InChI=1S/C14H14N4O/c1-9-7-16-5-4-10(9)8-17-14-18-12-3-2-11(15)6-13(12)19-14/h2-7H,8,15H2,1H3,(H,17,18). The number of nitrogens with one attached hydrogen (secondary N) is 1. The molecule has 5 heteroatoms. The number of pyridine rings is 1. The number of fused-ring (bicyclic) bond motifs is 1. The molecule has 2 heterocycles. The molecule has 0 bridgehead atoms. The van der Waals surface area contributed by atoms with Gasteiger partial charge in [-0.25, -0.2) is 0 Å². The summed E-state index contributed by atoms with van der Waals surface area (Å²) < 4.78 is 5.59. The van der Waals surface area contributed by atoms with Crippen LogP contribution >= 0.6 is 0 Å². The Hall–Kier alpha value is -2.56. The SMILES string of the molecule is Cc1cnccc1CNc1nc2ccc(N)cc2o1. The van der Waals surface area contributed by atoms with Gasteiger partial charge < -0.3 is 15.5 Å². The first kappa shape index (κ1) is 11.5. The largest absolute Gasteiger partial charge is 0.423 e.